The van der Waals surface area contributed by atoms with Crippen molar-refractivity contribution in [1.29, 1.82) is 0 Å². The van der Waals surface area contributed by atoms with Crippen LogP contribution < -0.4 is 9.62 Å². The van der Waals surface area contributed by atoms with Crippen molar-refractivity contribution in [3.05, 3.63) is 64.1 Å². The van der Waals surface area contributed by atoms with Crippen molar-refractivity contribution < 1.29 is 13.2 Å². The Morgan fingerprint density at radius 2 is 1.84 bits per heavy atom. The third kappa shape index (κ3) is 5.31. The number of amides is 1. The van der Waals surface area contributed by atoms with E-state index in [1.807, 2.05) is 44.2 Å². The van der Waals surface area contributed by atoms with Gasteiger partial charge in [-0.05, 0) is 43.2 Å². The fraction of sp³-hybridized carbons (Fsp3) is 0.278. The minimum Gasteiger partial charge on any atom is -0.348 e. The van der Waals surface area contributed by atoms with Crippen LogP contribution in [-0.4, -0.2) is 27.1 Å². The molecular weight excluding hydrogens is 404 g/mol. The maximum atomic E-state index is 12.4. The predicted octanol–water partition coefficient (Wildman–Crippen LogP) is 3.40. The molecule has 0 radical (unpaired) electrons. The number of sulfonamides is 1. The van der Waals surface area contributed by atoms with E-state index in [0.29, 0.717) is 5.69 Å². The summed E-state index contributed by atoms with van der Waals surface area (Å²) >= 11 is 3.39. The van der Waals surface area contributed by atoms with E-state index in [-0.39, 0.29) is 18.5 Å². The zero-order chi connectivity index (χ0) is 18.6. The maximum absolute atomic E-state index is 12.4. The minimum absolute atomic E-state index is 0.207. The largest absolute Gasteiger partial charge is 0.348 e. The zero-order valence-electron chi connectivity index (χ0n) is 14.4. The van der Waals surface area contributed by atoms with Crippen molar-refractivity contribution in [2.45, 2.75) is 19.9 Å². The number of aryl methyl sites for hydroxylation is 1. The van der Waals surface area contributed by atoms with Gasteiger partial charge in [-0.2, -0.15) is 0 Å². The van der Waals surface area contributed by atoms with Crippen LogP contribution in [0.1, 0.15) is 24.1 Å². The summed E-state index contributed by atoms with van der Waals surface area (Å²) in [6.07, 6.45) is 1.10. The van der Waals surface area contributed by atoms with Gasteiger partial charge in [-0.25, -0.2) is 8.42 Å². The first kappa shape index (κ1) is 19.5. The highest BCUT2D eigenvalue weighted by molar-refractivity contribution is 9.10. The van der Waals surface area contributed by atoms with Gasteiger partial charge in [0.15, 0.2) is 0 Å². The zero-order valence-corrected chi connectivity index (χ0v) is 16.8. The molecule has 0 aliphatic heterocycles. The number of halogens is 1. The maximum Gasteiger partial charge on any atom is 0.241 e. The molecule has 0 spiro atoms. The van der Waals surface area contributed by atoms with Crippen LogP contribution in [0.3, 0.4) is 0 Å². The van der Waals surface area contributed by atoms with E-state index >= 15 is 0 Å². The summed E-state index contributed by atoms with van der Waals surface area (Å²) in [5.41, 5.74) is 2.32. The molecule has 0 fully saturated rings. The molecule has 0 aliphatic carbocycles. The van der Waals surface area contributed by atoms with E-state index in [2.05, 4.69) is 21.2 Å². The normalized spacial score (nSPS) is 12.5. The second-order valence-electron chi connectivity index (χ2n) is 5.90. The molecule has 25 heavy (non-hydrogen) atoms. The monoisotopic (exact) mass is 424 g/mol. The lowest BCUT2D eigenvalue weighted by Crippen LogP contribution is -2.41. The summed E-state index contributed by atoms with van der Waals surface area (Å²) in [6, 6.07) is 14.5. The molecule has 1 N–H and O–H groups in total. The number of anilines is 1. The van der Waals surface area contributed by atoms with Gasteiger partial charge in [0.05, 0.1) is 18.0 Å². The van der Waals surface area contributed by atoms with Crippen LogP contribution in [0.5, 0.6) is 0 Å². The molecule has 0 heterocycles. The fourth-order valence-corrected chi connectivity index (χ4v) is 3.52. The van der Waals surface area contributed by atoms with Crippen LogP contribution in [0.15, 0.2) is 53.0 Å². The molecule has 0 unspecified atom stereocenters. The molecule has 0 aliphatic rings. The highest BCUT2D eigenvalue weighted by Gasteiger charge is 2.22. The van der Waals surface area contributed by atoms with Gasteiger partial charge in [0.2, 0.25) is 15.9 Å². The Morgan fingerprint density at radius 1 is 1.20 bits per heavy atom. The van der Waals surface area contributed by atoms with E-state index in [1.54, 1.807) is 18.2 Å². The van der Waals surface area contributed by atoms with Crippen LogP contribution in [0.4, 0.5) is 5.69 Å². The van der Waals surface area contributed by atoms with Gasteiger partial charge < -0.3 is 5.32 Å². The fourth-order valence-electron chi connectivity index (χ4n) is 2.43. The molecule has 134 valence electrons. The van der Waals surface area contributed by atoms with Gasteiger partial charge in [0.25, 0.3) is 0 Å². The van der Waals surface area contributed by atoms with Gasteiger partial charge in [0.1, 0.15) is 6.54 Å². The summed E-state index contributed by atoms with van der Waals surface area (Å²) < 4.78 is 26.3. The Balaban J connectivity index is 2.17. The first-order valence-corrected chi connectivity index (χ1v) is 10.4. The second-order valence-corrected chi connectivity index (χ2v) is 8.66. The molecule has 2 aromatic rings. The molecule has 0 bridgehead atoms. The number of benzene rings is 2. The minimum atomic E-state index is -3.59. The van der Waals surface area contributed by atoms with Crippen LogP contribution in [0.25, 0.3) is 0 Å². The SMILES string of the molecule is Cc1cc(N(CC(=O)N[C@H](C)c2ccccc2)S(C)(=O)=O)ccc1Br. The second kappa shape index (κ2) is 8.01. The van der Waals surface area contributed by atoms with E-state index in [0.717, 1.165) is 26.2 Å². The van der Waals surface area contributed by atoms with E-state index in [9.17, 15) is 13.2 Å². The lowest BCUT2D eigenvalue weighted by molar-refractivity contribution is -0.120. The molecule has 0 saturated heterocycles. The molecule has 5 nitrogen and oxygen atoms in total. The lowest BCUT2D eigenvalue weighted by atomic mass is 10.1. The Labute approximate surface area is 157 Å². The van der Waals surface area contributed by atoms with Gasteiger partial charge in [-0.1, -0.05) is 46.3 Å². The van der Waals surface area contributed by atoms with Gasteiger partial charge in [0, 0.05) is 4.47 Å². The number of rotatable bonds is 6. The van der Waals surface area contributed by atoms with Crippen LogP contribution in [-0.2, 0) is 14.8 Å². The number of nitrogens with zero attached hydrogens (tertiary/aromatic N) is 1. The van der Waals surface area contributed by atoms with Crippen molar-refractivity contribution in [3.63, 3.8) is 0 Å². The molecule has 7 heteroatoms. The van der Waals surface area contributed by atoms with Crippen molar-refractivity contribution in [2.24, 2.45) is 0 Å². The molecule has 0 aromatic heterocycles. The standard InChI is InChI=1S/C18H21BrN2O3S/c1-13-11-16(9-10-17(13)19)21(25(3,23)24)12-18(22)20-14(2)15-7-5-4-6-8-15/h4-11,14H,12H2,1-3H3,(H,20,22)/t14-/m1/s1. The average molecular weight is 425 g/mol. The number of carbonyl (C=O) groups is 1. The number of hydrogen-bond donors (Lipinski definition) is 1. The van der Waals surface area contributed by atoms with Gasteiger partial charge in [-0.3, -0.25) is 9.10 Å². The predicted molar refractivity (Wildman–Crippen MR) is 104 cm³/mol. The first-order chi connectivity index (χ1) is 11.7. The van der Waals surface area contributed by atoms with E-state index in [1.165, 1.54) is 0 Å². The summed E-state index contributed by atoms with van der Waals surface area (Å²) in [4.78, 5) is 12.4. The summed E-state index contributed by atoms with van der Waals surface area (Å²) in [5, 5.41) is 2.84. The molecule has 0 saturated carbocycles. The van der Waals surface area contributed by atoms with E-state index in [4.69, 9.17) is 0 Å². The molecule has 1 amide bonds. The summed E-state index contributed by atoms with van der Waals surface area (Å²) in [6.45, 7) is 3.46. The topological polar surface area (TPSA) is 66.5 Å². The van der Waals surface area contributed by atoms with Crippen molar-refractivity contribution in [3.8, 4) is 0 Å². The highest BCUT2D eigenvalue weighted by atomic mass is 79.9. The van der Waals surface area contributed by atoms with Gasteiger partial charge in [-0.15, -0.1) is 0 Å². The first-order valence-electron chi connectivity index (χ1n) is 7.76. The van der Waals surface area contributed by atoms with Crippen LogP contribution in [0, 0.1) is 6.92 Å². The Bertz CT molecular complexity index is 854. The highest BCUT2D eigenvalue weighted by Crippen LogP contribution is 2.24. The number of hydrogen-bond acceptors (Lipinski definition) is 3. The molecule has 2 aromatic carbocycles. The van der Waals surface area contributed by atoms with Crippen LogP contribution >= 0.6 is 15.9 Å². The Morgan fingerprint density at radius 3 is 2.40 bits per heavy atom. The average Bonchev–Trinajstić information content (AvgIpc) is 2.55. The third-order valence-electron chi connectivity index (χ3n) is 3.79. The van der Waals surface area contributed by atoms with Crippen molar-refractivity contribution in [1.82, 2.24) is 5.32 Å². The number of carbonyl (C=O) groups excluding carboxylic acids is 1. The quantitative estimate of drug-likeness (QED) is 0.772. The molecule has 2 rings (SSSR count). The smallest absolute Gasteiger partial charge is 0.241 e. The third-order valence-corrected chi connectivity index (χ3v) is 5.82. The van der Waals surface area contributed by atoms with Crippen molar-refractivity contribution >= 4 is 37.5 Å². The summed E-state index contributed by atoms with van der Waals surface area (Å²) in [7, 11) is -3.59. The summed E-state index contributed by atoms with van der Waals surface area (Å²) in [5.74, 6) is -0.359. The van der Waals surface area contributed by atoms with Gasteiger partial charge >= 0.3 is 0 Å². The lowest BCUT2D eigenvalue weighted by Gasteiger charge is -2.24. The Hall–Kier alpha value is -1.86. The van der Waals surface area contributed by atoms with E-state index < -0.39 is 10.0 Å². The van der Waals surface area contributed by atoms with Crippen LogP contribution in [0.2, 0.25) is 0 Å². The Kier molecular flexibility index (Phi) is 6.24. The van der Waals surface area contributed by atoms with Crippen molar-refractivity contribution in [2.75, 3.05) is 17.1 Å². The molecular formula is C18H21BrN2O3S. The number of nitrogens with one attached hydrogen (secondary N) is 1. The molecule has 1 atom stereocenters.